The summed E-state index contributed by atoms with van der Waals surface area (Å²) in [5.74, 6) is -2.15. The van der Waals surface area contributed by atoms with Crippen LogP contribution in [-0.2, 0) is 19.6 Å². The summed E-state index contributed by atoms with van der Waals surface area (Å²) in [5.41, 5.74) is 0.200. The highest BCUT2D eigenvalue weighted by molar-refractivity contribution is 7.89. The SMILES string of the molecule is CC1CN(S(=O)(=O)c2cccc(C(=O)N(C)CC(C)C(=O)O)c2)CC(C)O1. The molecule has 8 nitrogen and oxygen atoms in total. The molecule has 1 aliphatic rings. The number of ether oxygens (including phenoxy) is 1. The lowest BCUT2D eigenvalue weighted by Gasteiger charge is -2.34. The number of benzene rings is 1. The predicted octanol–water partition coefficient (Wildman–Crippen LogP) is 1.28. The Bertz CT molecular complexity index is 800. The molecule has 0 radical (unpaired) electrons. The number of rotatable bonds is 6. The third-order valence-electron chi connectivity index (χ3n) is 4.42. The van der Waals surface area contributed by atoms with Gasteiger partial charge in [0, 0.05) is 32.2 Å². The first-order chi connectivity index (χ1) is 12.5. The number of carboxylic acids is 1. The molecule has 2 rings (SSSR count). The van der Waals surface area contributed by atoms with Gasteiger partial charge in [-0.3, -0.25) is 9.59 Å². The lowest BCUT2D eigenvalue weighted by molar-refractivity contribution is -0.141. The fourth-order valence-electron chi connectivity index (χ4n) is 3.06. The topological polar surface area (TPSA) is 104 Å². The summed E-state index contributed by atoms with van der Waals surface area (Å²) in [5, 5.41) is 8.99. The van der Waals surface area contributed by atoms with Gasteiger partial charge in [-0.1, -0.05) is 13.0 Å². The van der Waals surface area contributed by atoms with Crippen molar-refractivity contribution in [2.24, 2.45) is 5.92 Å². The molecule has 1 amide bonds. The Morgan fingerprint density at radius 1 is 1.30 bits per heavy atom. The molecule has 1 aliphatic heterocycles. The normalized spacial score (nSPS) is 22.2. The number of hydrogen-bond donors (Lipinski definition) is 1. The molecule has 150 valence electrons. The van der Waals surface area contributed by atoms with Gasteiger partial charge in [0.15, 0.2) is 0 Å². The zero-order chi connectivity index (χ0) is 20.4. The van der Waals surface area contributed by atoms with Crippen LogP contribution in [0.1, 0.15) is 31.1 Å². The number of nitrogens with zero attached hydrogens (tertiary/aromatic N) is 2. The number of amides is 1. The lowest BCUT2D eigenvalue weighted by Crippen LogP contribution is -2.48. The number of carboxylic acid groups (broad SMARTS) is 1. The van der Waals surface area contributed by atoms with Crippen LogP contribution >= 0.6 is 0 Å². The summed E-state index contributed by atoms with van der Waals surface area (Å²) < 4.78 is 32.9. The van der Waals surface area contributed by atoms with Crippen molar-refractivity contribution in [2.45, 2.75) is 37.9 Å². The van der Waals surface area contributed by atoms with Crippen molar-refractivity contribution < 1.29 is 27.9 Å². The molecule has 3 atom stereocenters. The van der Waals surface area contributed by atoms with Crippen LogP contribution in [-0.4, -0.2) is 73.5 Å². The predicted molar refractivity (Wildman–Crippen MR) is 99.0 cm³/mol. The molecule has 1 heterocycles. The minimum absolute atomic E-state index is 0.0314. The summed E-state index contributed by atoms with van der Waals surface area (Å²) in [6.45, 7) is 5.67. The van der Waals surface area contributed by atoms with Crippen molar-refractivity contribution in [2.75, 3.05) is 26.7 Å². The number of sulfonamides is 1. The molecule has 0 saturated carbocycles. The molecule has 1 fully saturated rings. The van der Waals surface area contributed by atoms with Crippen molar-refractivity contribution in [1.29, 1.82) is 0 Å². The minimum atomic E-state index is -3.76. The monoisotopic (exact) mass is 398 g/mol. The van der Waals surface area contributed by atoms with E-state index in [1.54, 1.807) is 0 Å². The maximum absolute atomic E-state index is 13.0. The van der Waals surface area contributed by atoms with Crippen molar-refractivity contribution in [1.82, 2.24) is 9.21 Å². The van der Waals surface area contributed by atoms with Gasteiger partial charge in [-0.15, -0.1) is 0 Å². The highest BCUT2D eigenvalue weighted by Gasteiger charge is 2.32. The smallest absolute Gasteiger partial charge is 0.308 e. The van der Waals surface area contributed by atoms with E-state index in [1.807, 2.05) is 13.8 Å². The van der Waals surface area contributed by atoms with Crippen LogP contribution in [0.25, 0.3) is 0 Å². The average molecular weight is 398 g/mol. The molecule has 0 aliphatic carbocycles. The molecule has 1 aromatic rings. The Morgan fingerprint density at radius 2 is 1.89 bits per heavy atom. The Balaban J connectivity index is 2.23. The maximum atomic E-state index is 13.0. The van der Waals surface area contributed by atoms with Crippen molar-refractivity contribution in [3.63, 3.8) is 0 Å². The Kier molecular flexibility index (Phi) is 6.61. The number of morpholine rings is 1. The van der Waals surface area contributed by atoms with E-state index >= 15 is 0 Å². The van der Waals surface area contributed by atoms with E-state index in [0.717, 1.165) is 0 Å². The van der Waals surface area contributed by atoms with Gasteiger partial charge in [-0.25, -0.2) is 8.42 Å². The van der Waals surface area contributed by atoms with E-state index in [4.69, 9.17) is 9.84 Å². The molecule has 0 spiro atoms. The van der Waals surface area contributed by atoms with E-state index in [9.17, 15) is 18.0 Å². The van der Waals surface area contributed by atoms with Gasteiger partial charge >= 0.3 is 5.97 Å². The van der Waals surface area contributed by atoms with Crippen LogP contribution in [0.15, 0.2) is 29.2 Å². The van der Waals surface area contributed by atoms with E-state index in [2.05, 4.69) is 0 Å². The van der Waals surface area contributed by atoms with Crippen LogP contribution in [0.3, 0.4) is 0 Å². The number of aliphatic carboxylic acids is 1. The molecule has 0 bridgehead atoms. The number of carbonyl (C=O) groups is 2. The Morgan fingerprint density at radius 3 is 2.44 bits per heavy atom. The van der Waals surface area contributed by atoms with E-state index in [0.29, 0.717) is 0 Å². The second kappa shape index (κ2) is 8.37. The molecular formula is C18H26N2O6S. The van der Waals surface area contributed by atoms with E-state index in [-0.39, 0.29) is 42.3 Å². The molecule has 27 heavy (non-hydrogen) atoms. The molecule has 3 unspecified atom stereocenters. The molecular weight excluding hydrogens is 372 g/mol. The van der Waals surface area contributed by atoms with Crippen molar-refractivity contribution in [3.05, 3.63) is 29.8 Å². The third-order valence-corrected chi connectivity index (χ3v) is 6.25. The first-order valence-electron chi connectivity index (χ1n) is 8.76. The summed E-state index contributed by atoms with van der Waals surface area (Å²) in [6, 6.07) is 5.83. The standard InChI is InChI=1S/C18H26N2O6S/c1-12(18(22)23)9-19(4)17(21)15-6-5-7-16(8-15)27(24,25)20-10-13(2)26-14(3)11-20/h5-8,12-14H,9-11H2,1-4H3,(H,22,23). The Hall–Kier alpha value is -1.97. The zero-order valence-corrected chi connectivity index (χ0v) is 16.8. The second-order valence-corrected chi connectivity index (χ2v) is 8.97. The first kappa shape index (κ1) is 21.3. The van der Waals surface area contributed by atoms with Gasteiger partial charge in [-0.05, 0) is 32.0 Å². The van der Waals surface area contributed by atoms with Crippen molar-refractivity contribution >= 4 is 21.9 Å². The van der Waals surface area contributed by atoms with Gasteiger partial charge in [0.25, 0.3) is 5.91 Å². The zero-order valence-electron chi connectivity index (χ0n) is 16.0. The van der Waals surface area contributed by atoms with Crippen LogP contribution in [0.2, 0.25) is 0 Å². The minimum Gasteiger partial charge on any atom is -0.481 e. The van der Waals surface area contributed by atoms with Crippen LogP contribution in [0.4, 0.5) is 0 Å². The largest absolute Gasteiger partial charge is 0.481 e. The van der Waals surface area contributed by atoms with Gasteiger partial charge in [-0.2, -0.15) is 4.31 Å². The lowest BCUT2D eigenvalue weighted by atomic mass is 10.1. The van der Waals surface area contributed by atoms with Gasteiger partial charge in [0.2, 0.25) is 10.0 Å². The molecule has 0 aromatic heterocycles. The number of carbonyl (C=O) groups excluding carboxylic acids is 1. The summed E-state index contributed by atoms with van der Waals surface area (Å²) in [7, 11) is -2.26. The maximum Gasteiger partial charge on any atom is 0.308 e. The summed E-state index contributed by atoms with van der Waals surface area (Å²) in [4.78, 5) is 24.9. The highest BCUT2D eigenvalue weighted by Crippen LogP contribution is 2.22. The molecule has 9 heteroatoms. The van der Waals surface area contributed by atoms with Gasteiger partial charge in [0.05, 0.1) is 23.0 Å². The van der Waals surface area contributed by atoms with Crippen LogP contribution in [0.5, 0.6) is 0 Å². The first-order valence-corrected chi connectivity index (χ1v) is 10.2. The van der Waals surface area contributed by atoms with E-state index < -0.39 is 27.8 Å². The quantitative estimate of drug-likeness (QED) is 0.774. The molecule has 1 saturated heterocycles. The third kappa shape index (κ3) is 5.06. The number of hydrogen-bond acceptors (Lipinski definition) is 5. The summed E-state index contributed by atoms with van der Waals surface area (Å²) >= 11 is 0. The average Bonchev–Trinajstić information content (AvgIpc) is 2.60. The molecule has 1 aromatic carbocycles. The van der Waals surface area contributed by atoms with E-state index in [1.165, 1.54) is 47.4 Å². The summed E-state index contributed by atoms with van der Waals surface area (Å²) in [6.07, 6.45) is -0.422. The van der Waals surface area contributed by atoms with Gasteiger partial charge in [0.1, 0.15) is 0 Å². The second-order valence-electron chi connectivity index (χ2n) is 7.03. The van der Waals surface area contributed by atoms with Crippen LogP contribution in [0, 0.1) is 5.92 Å². The highest BCUT2D eigenvalue weighted by atomic mass is 32.2. The van der Waals surface area contributed by atoms with Crippen LogP contribution < -0.4 is 0 Å². The fourth-order valence-corrected chi connectivity index (χ4v) is 4.69. The Labute approximate surface area is 159 Å². The van der Waals surface area contributed by atoms with Gasteiger partial charge < -0.3 is 14.7 Å². The van der Waals surface area contributed by atoms with Crippen molar-refractivity contribution in [3.8, 4) is 0 Å². The fraction of sp³-hybridized carbons (Fsp3) is 0.556. The molecule has 1 N–H and O–H groups in total.